The summed E-state index contributed by atoms with van der Waals surface area (Å²) in [5.74, 6) is 0.498. The lowest BCUT2D eigenvalue weighted by Gasteiger charge is -2.39. The molecule has 0 amide bonds. The number of hydrogen-bond acceptors (Lipinski definition) is 2. The molecular weight excluding hydrogens is 268 g/mol. The molecule has 1 aromatic heterocycles. The van der Waals surface area contributed by atoms with Crippen molar-refractivity contribution < 1.29 is 0 Å². The molecule has 22 heavy (non-hydrogen) atoms. The van der Waals surface area contributed by atoms with Gasteiger partial charge in [-0.25, -0.2) is 0 Å². The second-order valence-electron chi connectivity index (χ2n) is 6.70. The Hall–Kier alpha value is -2.09. The van der Waals surface area contributed by atoms with Gasteiger partial charge in [0.15, 0.2) is 0 Å². The lowest BCUT2D eigenvalue weighted by atomic mass is 9.85. The van der Waals surface area contributed by atoms with Crippen molar-refractivity contribution in [3.63, 3.8) is 0 Å². The second-order valence-corrected chi connectivity index (χ2v) is 6.70. The zero-order valence-electron chi connectivity index (χ0n) is 14.1. The normalized spacial score (nSPS) is 20.4. The molecule has 1 aliphatic heterocycles. The molecule has 1 unspecified atom stereocenters. The highest BCUT2D eigenvalue weighted by atomic mass is 15.2. The molecule has 1 aliphatic rings. The highest BCUT2D eigenvalue weighted by molar-refractivity contribution is 5.53. The molecule has 0 saturated heterocycles. The summed E-state index contributed by atoms with van der Waals surface area (Å²) in [4.78, 5) is 6.94. The van der Waals surface area contributed by atoms with Gasteiger partial charge in [-0.3, -0.25) is 4.98 Å². The van der Waals surface area contributed by atoms with Crippen LogP contribution in [0.2, 0.25) is 0 Å². The minimum absolute atomic E-state index is 0.166. The molecule has 1 atom stereocenters. The first kappa shape index (κ1) is 14.8. The van der Waals surface area contributed by atoms with Crippen LogP contribution in [0.15, 0.2) is 36.5 Å². The molecule has 0 spiro atoms. The lowest BCUT2D eigenvalue weighted by molar-refractivity contribution is 0.308. The largest absolute Gasteiger partial charge is 0.367 e. The van der Waals surface area contributed by atoms with Crippen molar-refractivity contribution in [2.45, 2.75) is 39.2 Å². The first-order chi connectivity index (χ1) is 10.4. The lowest BCUT2D eigenvalue weighted by Crippen LogP contribution is -2.48. The van der Waals surface area contributed by atoms with Crippen LogP contribution in [0.1, 0.15) is 43.4 Å². The number of aryl methyl sites for hydroxylation is 1. The van der Waals surface area contributed by atoms with E-state index in [-0.39, 0.29) is 5.54 Å². The molecule has 0 N–H and O–H groups in total. The summed E-state index contributed by atoms with van der Waals surface area (Å²) in [5.41, 5.74) is 3.84. The van der Waals surface area contributed by atoms with Crippen molar-refractivity contribution in [3.8, 4) is 0 Å². The Labute approximate surface area is 132 Å². The van der Waals surface area contributed by atoms with Crippen LogP contribution in [-0.4, -0.2) is 16.9 Å². The molecular formula is C20H24N2. The average Bonchev–Trinajstić information content (AvgIpc) is 2.48. The highest BCUT2D eigenvalue weighted by Gasteiger charge is 2.31. The van der Waals surface area contributed by atoms with Crippen LogP contribution in [0.25, 0.3) is 12.3 Å². The van der Waals surface area contributed by atoms with Gasteiger partial charge in [0, 0.05) is 24.7 Å². The Kier molecular flexibility index (Phi) is 3.56. The maximum Gasteiger partial charge on any atom is 0.0827 e. The van der Waals surface area contributed by atoms with E-state index in [1.165, 1.54) is 21.9 Å². The summed E-state index contributed by atoms with van der Waals surface area (Å²) in [7, 11) is 2.16. The molecule has 114 valence electrons. The highest BCUT2D eigenvalue weighted by Crippen LogP contribution is 2.32. The Bertz CT molecular complexity index is 820. The van der Waals surface area contributed by atoms with Gasteiger partial charge in [-0.15, -0.1) is 0 Å². The minimum Gasteiger partial charge on any atom is -0.367 e. The van der Waals surface area contributed by atoms with E-state index < -0.39 is 0 Å². The maximum absolute atomic E-state index is 4.63. The summed E-state index contributed by atoms with van der Waals surface area (Å²) < 4.78 is 0. The molecule has 0 bridgehead atoms. The van der Waals surface area contributed by atoms with E-state index >= 15 is 0 Å². The molecule has 2 heteroatoms. The van der Waals surface area contributed by atoms with Gasteiger partial charge in [0.25, 0.3) is 0 Å². The second kappa shape index (κ2) is 5.28. The number of benzene rings is 1. The fraction of sp³-hybridized carbons (Fsp3) is 0.350. The van der Waals surface area contributed by atoms with E-state index in [1.54, 1.807) is 0 Å². The zero-order chi connectivity index (χ0) is 15.9. The summed E-state index contributed by atoms with van der Waals surface area (Å²) >= 11 is 0. The Morgan fingerprint density at radius 2 is 1.86 bits per heavy atom. The van der Waals surface area contributed by atoms with Crippen molar-refractivity contribution in [3.05, 3.63) is 63.8 Å². The van der Waals surface area contributed by atoms with E-state index in [1.807, 2.05) is 6.20 Å². The maximum atomic E-state index is 4.63. The summed E-state index contributed by atoms with van der Waals surface area (Å²) in [5, 5.41) is 2.35. The number of rotatable bonds is 2. The quantitative estimate of drug-likeness (QED) is 0.846. The van der Waals surface area contributed by atoms with Gasteiger partial charge in [-0.1, -0.05) is 38.1 Å². The molecule has 0 saturated carbocycles. The van der Waals surface area contributed by atoms with Gasteiger partial charge in [0.2, 0.25) is 0 Å². The van der Waals surface area contributed by atoms with Crippen molar-refractivity contribution in [1.82, 2.24) is 9.88 Å². The Morgan fingerprint density at radius 3 is 2.55 bits per heavy atom. The molecule has 2 aromatic rings. The van der Waals surface area contributed by atoms with E-state index in [9.17, 15) is 0 Å². The van der Waals surface area contributed by atoms with E-state index in [2.05, 4.69) is 87.2 Å². The molecule has 0 aliphatic carbocycles. The van der Waals surface area contributed by atoms with Gasteiger partial charge >= 0.3 is 0 Å². The molecule has 2 heterocycles. The molecule has 2 nitrogen and oxygen atoms in total. The van der Waals surface area contributed by atoms with Crippen molar-refractivity contribution in [2.75, 3.05) is 7.05 Å². The number of aromatic nitrogens is 1. The molecule has 0 radical (unpaired) electrons. The SMILES string of the molecule is Cc1ccccc1C1(C)C=c2nccc(C(C)C)c2=CN1C. The molecule has 1 aromatic carbocycles. The van der Waals surface area contributed by atoms with E-state index in [0.717, 1.165) is 5.35 Å². The molecule has 0 fully saturated rings. The van der Waals surface area contributed by atoms with E-state index in [0.29, 0.717) is 5.92 Å². The number of pyridine rings is 1. The van der Waals surface area contributed by atoms with Crippen molar-refractivity contribution >= 4 is 12.3 Å². The van der Waals surface area contributed by atoms with Crippen LogP contribution in [0, 0.1) is 6.92 Å². The predicted octanol–water partition coefficient (Wildman–Crippen LogP) is 2.89. The third kappa shape index (κ3) is 2.23. The standard InChI is InChI=1S/C20H24N2/c1-14(2)16-10-11-21-19-12-20(4,22(5)13-17(16)19)18-9-7-6-8-15(18)3/h6-14H,1-5H3. The third-order valence-electron chi connectivity index (χ3n) is 4.84. The van der Waals surface area contributed by atoms with Crippen LogP contribution >= 0.6 is 0 Å². The van der Waals surface area contributed by atoms with Gasteiger partial charge in [-0.05, 0) is 48.6 Å². The average molecular weight is 292 g/mol. The first-order valence-corrected chi connectivity index (χ1v) is 7.92. The Morgan fingerprint density at radius 1 is 1.14 bits per heavy atom. The topological polar surface area (TPSA) is 16.1 Å². The fourth-order valence-electron chi connectivity index (χ4n) is 3.37. The van der Waals surface area contributed by atoms with Gasteiger partial charge in [-0.2, -0.15) is 0 Å². The van der Waals surface area contributed by atoms with Crippen LogP contribution in [0.3, 0.4) is 0 Å². The van der Waals surface area contributed by atoms with Crippen LogP contribution < -0.4 is 10.6 Å². The third-order valence-corrected chi connectivity index (χ3v) is 4.84. The van der Waals surface area contributed by atoms with Gasteiger partial charge in [0.05, 0.1) is 10.9 Å². The first-order valence-electron chi connectivity index (χ1n) is 7.92. The zero-order valence-corrected chi connectivity index (χ0v) is 14.1. The smallest absolute Gasteiger partial charge is 0.0827 e. The minimum atomic E-state index is -0.166. The van der Waals surface area contributed by atoms with Crippen molar-refractivity contribution in [1.29, 1.82) is 0 Å². The summed E-state index contributed by atoms with van der Waals surface area (Å²) in [6, 6.07) is 10.7. The van der Waals surface area contributed by atoms with Gasteiger partial charge in [0.1, 0.15) is 0 Å². The number of nitrogens with zero attached hydrogens (tertiary/aromatic N) is 2. The van der Waals surface area contributed by atoms with Crippen molar-refractivity contribution in [2.24, 2.45) is 0 Å². The Balaban J connectivity index is 2.27. The van der Waals surface area contributed by atoms with E-state index in [4.69, 9.17) is 0 Å². The van der Waals surface area contributed by atoms with Crippen LogP contribution in [0.5, 0.6) is 0 Å². The van der Waals surface area contributed by atoms with Gasteiger partial charge < -0.3 is 4.90 Å². The fourth-order valence-corrected chi connectivity index (χ4v) is 3.37. The number of hydrogen-bond donors (Lipinski definition) is 0. The molecule has 3 rings (SSSR count). The van der Waals surface area contributed by atoms with Crippen LogP contribution in [0.4, 0.5) is 0 Å². The predicted molar refractivity (Wildman–Crippen MR) is 92.8 cm³/mol. The summed E-state index contributed by atoms with van der Waals surface area (Å²) in [6.45, 7) is 8.91. The number of fused-ring (bicyclic) bond motifs is 1. The van der Waals surface area contributed by atoms with Crippen LogP contribution in [-0.2, 0) is 5.54 Å². The monoisotopic (exact) mass is 292 g/mol. The summed E-state index contributed by atoms with van der Waals surface area (Å²) in [6.07, 6.45) is 6.49.